The summed E-state index contributed by atoms with van der Waals surface area (Å²) < 4.78 is 5.33. The van der Waals surface area contributed by atoms with E-state index in [1.54, 1.807) is 25.7 Å². The molecule has 3 heterocycles. The van der Waals surface area contributed by atoms with Crippen molar-refractivity contribution in [1.29, 1.82) is 5.26 Å². The Morgan fingerprint density at radius 2 is 1.90 bits per heavy atom. The molecule has 4 rings (SSSR count). The van der Waals surface area contributed by atoms with Crippen molar-refractivity contribution in [2.24, 2.45) is 5.92 Å². The van der Waals surface area contributed by atoms with Crippen LogP contribution in [-0.4, -0.2) is 63.5 Å². The Hall–Kier alpha value is -2.30. The molecule has 1 saturated carbocycles. The van der Waals surface area contributed by atoms with Gasteiger partial charge in [-0.2, -0.15) is 5.26 Å². The minimum Gasteiger partial charge on any atom is -0.444 e. The minimum atomic E-state index is -0.668. The predicted octanol–water partition coefficient (Wildman–Crippen LogP) is 2.33. The van der Waals surface area contributed by atoms with Gasteiger partial charge in [-0.05, 0) is 72.1 Å². The zero-order valence-corrected chi connectivity index (χ0v) is 18.1. The van der Waals surface area contributed by atoms with E-state index < -0.39 is 23.8 Å². The second kappa shape index (κ2) is 7.44. The van der Waals surface area contributed by atoms with E-state index in [9.17, 15) is 19.6 Å². The van der Waals surface area contributed by atoms with E-state index in [0.717, 1.165) is 38.5 Å². The largest absolute Gasteiger partial charge is 0.444 e. The second-order valence-corrected chi connectivity index (χ2v) is 10.2. The van der Waals surface area contributed by atoms with Crippen LogP contribution in [0.25, 0.3) is 0 Å². The first-order valence-electron chi connectivity index (χ1n) is 11.2. The number of nitrogens with zero attached hydrogens (tertiary/aromatic N) is 3. The fourth-order valence-electron chi connectivity index (χ4n) is 5.57. The highest BCUT2D eigenvalue weighted by atomic mass is 16.6. The van der Waals surface area contributed by atoms with E-state index in [0.29, 0.717) is 19.4 Å². The number of likely N-dealkylation sites (tertiary alicyclic amines) is 1. The van der Waals surface area contributed by atoms with Crippen LogP contribution in [-0.2, 0) is 14.3 Å². The number of nitrogens with one attached hydrogen (secondary N) is 1. The predicted molar refractivity (Wildman–Crippen MR) is 108 cm³/mol. The molecule has 0 radical (unpaired) electrons. The SMILES string of the molecule is CC(C)(C)OC(=O)N[C@H]1CCC[C@H]2CC[C@@H](C(=O)N3CC[C@@H](C#N)C34CC4)N2C1=O. The summed E-state index contributed by atoms with van der Waals surface area (Å²) in [5.41, 5.74) is -0.939. The van der Waals surface area contributed by atoms with Gasteiger partial charge < -0.3 is 19.9 Å². The number of alkyl carbamates (subject to hydrolysis) is 1. The van der Waals surface area contributed by atoms with Crippen molar-refractivity contribution < 1.29 is 19.1 Å². The molecule has 0 aromatic heterocycles. The number of ether oxygens (including phenoxy) is 1. The van der Waals surface area contributed by atoms with Gasteiger partial charge in [0.2, 0.25) is 11.8 Å². The topological polar surface area (TPSA) is 103 Å². The molecule has 4 fully saturated rings. The number of amides is 3. The van der Waals surface area contributed by atoms with Crippen LogP contribution in [0.15, 0.2) is 0 Å². The zero-order valence-electron chi connectivity index (χ0n) is 18.1. The molecular formula is C22H32N4O4. The zero-order chi connectivity index (χ0) is 21.7. The Kier molecular flexibility index (Phi) is 5.19. The molecule has 4 atom stereocenters. The number of fused-ring (bicyclic) bond motifs is 1. The van der Waals surface area contributed by atoms with Crippen molar-refractivity contribution in [1.82, 2.24) is 15.1 Å². The molecule has 0 aromatic carbocycles. The van der Waals surface area contributed by atoms with Crippen LogP contribution in [0.5, 0.6) is 0 Å². The van der Waals surface area contributed by atoms with Crippen molar-refractivity contribution in [3.05, 3.63) is 0 Å². The van der Waals surface area contributed by atoms with Gasteiger partial charge in [0.05, 0.1) is 17.5 Å². The molecule has 1 aliphatic carbocycles. The fraction of sp³-hybridized carbons (Fsp3) is 0.818. The minimum absolute atomic E-state index is 0.0148. The summed E-state index contributed by atoms with van der Waals surface area (Å²) in [5, 5.41) is 12.2. The smallest absolute Gasteiger partial charge is 0.408 e. The maximum absolute atomic E-state index is 13.5. The standard InChI is InChI=1S/C22H32N4O4/c1-21(2,3)30-20(29)24-16-6-4-5-15-7-8-17(26(15)18(16)27)19(28)25-12-9-14(13-23)22(25)10-11-22/h14-17H,4-12H2,1-3H3,(H,24,29)/t14-,15-,16-,17-/m0/s1. The van der Waals surface area contributed by atoms with Crippen molar-refractivity contribution in [2.45, 2.75) is 101 Å². The van der Waals surface area contributed by atoms with Gasteiger partial charge in [0.1, 0.15) is 17.7 Å². The summed E-state index contributed by atoms with van der Waals surface area (Å²) in [5.74, 6) is -0.292. The number of hydrogen-bond acceptors (Lipinski definition) is 5. The first-order chi connectivity index (χ1) is 14.2. The summed E-state index contributed by atoms with van der Waals surface area (Å²) in [4.78, 5) is 42.8. The molecule has 0 unspecified atom stereocenters. The van der Waals surface area contributed by atoms with E-state index >= 15 is 0 Å². The molecule has 3 amide bonds. The van der Waals surface area contributed by atoms with Crippen molar-refractivity contribution in [3.63, 3.8) is 0 Å². The van der Waals surface area contributed by atoms with Crippen LogP contribution in [0.3, 0.4) is 0 Å². The van der Waals surface area contributed by atoms with E-state index in [2.05, 4.69) is 11.4 Å². The van der Waals surface area contributed by atoms with Gasteiger partial charge in [-0.25, -0.2) is 4.79 Å². The van der Waals surface area contributed by atoms with Gasteiger partial charge in [0, 0.05) is 12.6 Å². The van der Waals surface area contributed by atoms with Crippen molar-refractivity contribution >= 4 is 17.9 Å². The summed E-state index contributed by atoms with van der Waals surface area (Å²) in [6.45, 7) is 5.95. The monoisotopic (exact) mass is 416 g/mol. The van der Waals surface area contributed by atoms with Gasteiger partial charge in [-0.1, -0.05) is 0 Å². The summed E-state index contributed by atoms with van der Waals surface area (Å²) in [7, 11) is 0. The maximum atomic E-state index is 13.5. The molecular weight excluding hydrogens is 384 g/mol. The molecule has 3 saturated heterocycles. The third-order valence-corrected chi connectivity index (χ3v) is 7.07. The highest BCUT2D eigenvalue weighted by Gasteiger charge is 2.61. The highest BCUT2D eigenvalue weighted by molar-refractivity contribution is 5.93. The fourth-order valence-corrected chi connectivity index (χ4v) is 5.57. The molecule has 0 bridgehead atoms. The maximum Gasteiger partial charge on any atom is 0.408 e. The van der Waals surface area contributed by atoms with E-state index in [-0.39, 0.29) is 29.3 Å². The normalized spacial score (nSPS) is 32.4. The first-order valence-corrected chi connectivity index (χ1v) is 11.2. The van der Waals surface area contributed by atoms with E-state index in [4.69, 9.17) is 4.74 Å². The van der Waals surface area contributed by atoms with E-state index in [1.807, 2.05) is 4.90 Å². The molecule has 8 nitrogen and oxygen atoms in total. The third kappa shape index (κ3) is 3.63. The Labute approximate surface area is 177 Å². The van der Waals surface area contributed by atoms with E-state index in [1.165, 1.54) is 0 Å². The lowest BCUT2D eigenvalue weighted by Crippen LogP contribution is -2.56. The third-order valence-electron chi connectivity index (χ3n) is 7.07. The summed E-state index contributed by atoms with van der Waals surface area (Å²) >= 11 is 0. The number of rotatable bonds is 2. The Balaban J connectivity index is 1.49. The summed E-state index contributed by atoms with van der Waals surface area (Å²) in [6.07, 6.45) is 5.54. The molecule has 0 aromatic rings. The van der Waals surface area contributed by atoms with Crippen molar-refractivity contribution in [3.8, 4) is 6.07 Å². The average Bonchev–Trinajstić information content (AvgIpc) is 3.23. The van der Waals surface area contributed by atoms with Gasteiger partial charge in [0.15, 0.2) is 0 Å². The Morgan fingerprint density at radius 1 is 1.17 bits per heavy atom. The van der Waals surface area contributed by atoms with Crippen LogP contribution >= 0.6 is 0 Å². The molecule has 4 aliphatic rings. The lowest BCUT2D eigenvalue weighted by molar-refractivity contribution is -0.147. The van der Waals surface area contributed by atoms with Crippen LogP contribution in [0, 0.1) is 17.2 Å². The van der Waals surface area contributed by atoms with Gasteiger partial charge in [0.25, 0.3) is 0 Å². The average molecular weight is 417 g/mol. The number of carbonyl (C=O) groups is 3. The first kappa shape index (κ1) is 21.0. The summed E-state index contributed by atoms with van der Waals surface area (Å²) in [6, 6.07) is 1.27. The van der Waals surface area contributed by atoms with Gasteiger partial charge in [-0.15, -0.1) is 0 Å². The van der Waals surface area contributed by atoms with Crippen molar-refractivity contribution in [2.75, 3.05) is 6.54 Å². The molecule has 3 aliphatic heterocycles. The number of hydrogen-bond donors (Lipinski definition) is 1. The van der Waals surface area contributed by atoms with Crippen LogP contribution in [0.2, 0.25) is 0 Å². The Bertz CT molecular complexity index is 779. The van der Waals surface area contributed by atoms with Crippen LogP contribution in [0.1, 0.15) is 72.1 Å². The molecule has 8 heteroatoms. The highest BCUT2D eigenvalue weighted by Crippen LogP contribution is 2.53. The lowest BCUT2D eigenvalue weighted by Gasteiger charge is -2.35. The van der Waals surface area contributed by atoms with Gasteiger partial charge >= 0.3 is 6.09 Å². The number of nitriles is 1. The molecule has 164 valence electrons. The lowest BCUT2D eigenvalue weighted by atomic mass is 9.99. The van der Waals surface area contributed by atoms with Gasteiger partial charge in [-0.3, -0.25) is 9.59 Å². The number of carbonyl (C=O) groups excluding carboxylic acids is 3. The molecule has 1 spiro atoms. The molecule has 30 heavy (non-hydrogen) atoms. The van der Waals surface area contributed by atoms with Crippen LogP contribution < -0.4 is 5.32 Å². The van der Waals surface area contributed by atoms with Crippen LogP contribution in [0.4, 0.5) is 4.79 Å². The molecule has 1 N–H and O–H groups in total. The second-order valence-electron chi connectivity index (χ2n) is 10.2. The quantitative estimate of drug-likeness (QED) is 0.744. The Morgan fingerprint density at radius 3 is 2.53 bits per heavy atom.